The average Bonchev–Trinajstić information content (AvgIpc) is 2.52. The summed E-state index contributed by atoms with van der Waals surface area (Å²) < 4.78 is 15.7. The predicted molar refractivity (Wildman–Crippen MR) is 83.4 cm³/mol. The molecule has 0 amide bonds. The maximum atomic E-state index is 12.4. The van der Waals surface area contributed by atoms with Crippen LogP contribution in [0.15, 0.2) is 51.1 Å². The molecule has 0 radical (unpaired) electrons. The van der Waals surface area contributed by atoms with Crippen molar-refractivity contribution in [2.75, 3.05) is 7.11 Å². The number of methoxy groups -OCH3 is 1. The van der Waals surface area contributed by atoms with E-state index in [0.717, 1.165) is 0 Å². The number of hydrogen-bond acceptors (Lipinski definition) is 7. The van der Waals surface area contributed by atoms with Gasteiger partial charge in [0.2, 0.25) is 0 Å². The molecule has 1 atom stereocenters. The van der Waals surface area contributed by atoms with Crippen LogP contribution >= 0.6 is 0 Å². The SMILES string of the molecule is COc1ccccc1[C@@H]1C([N+](=O)[O-])=C(N)Oc2cc(C)oc(=O)c21. The first-order valence-corrected chi connectivity index (χ1v) is 7.03. The Kier molecular flexibility index (Phi) is 3.72. The van der Waals surface area contributed by atoms with Crippen LogP contribution in [0.1, 0.15) is 22.8 Å². The van der Waals surface area contributed by atoms with Gasteiger partial charge < -0.3 is 19.6 Å². The molecule has 8 heteroatoms. The van der Waals surface area contributed by atoms with Crippen LogP contribution in [0.5, 0.6) is 11.5 Å². The summed E-state index contributed by atoms with van der Waals surface area (Å²) >= 11 is 0. The molecule has 2 aromatic rings. The van der Waals surface area contributed by atoms with Gasteiger partial charge in [-0.25, -0.2) is 4.79 Å². The molecule has 1 aromatic carbocycles. The summed E-state index contributed by atoms with van der Waals surface area (Å²) in [6, 6.07) is 8.17. The summed E-state index contributed by atoms with van der Waals surface area (Å²) in [5, 5.41) is 11.6. The number of allylic oxidation sites excluding steroid dienone is 1. The highest BCUT2D eigenvalue weighted by atomic mass is 16.6. The molecule has 0 fully saturated rings. The van der Waals surface area contributed by atoms with E-state index in [1.807, 2.05) is 0 Å². The molecule has 0 saturated heterocycles. The molecule has 3 rings (SSSR count). The van der Waals surface area contributed by atoms with E-state index in [-0.39, 0.29) is 17.2 Å². The van der Waals surface area contributed by atoms with Crippen LogP contribution in [-0.4, -0.2) is 12.0 Å². The fraction of sp³-hybridized carbons (Fsp3) is 0.188. The third kappa shape index (κ3) is 2.37. The third-order valence-corrected chi connectivity index (χ3v) is 3.75. The second kappa shape index (κ2) is 5.73. The summed E-state index contributed by atoms with van der Waals surface area (Å²) in [5.41, 5.74) is 5.06. The number of nitrogens with two attached hydrogens (primary N) is 1. The number of benzene rings is 1. The van der Waals surface area contributed by atoms with Gasteiger partial charge in [0, 0.05) is 11.6 Å². The number of rotatable bonds is 3. The lowest BCUT2D eigenvalue weighted by molar-refractivity contribution is -0.432. The molecule has 1 aromatic heterocycles. The Morgan fingerprint density at radius 1 is 1.33 bits per heavy atom. The van der Waals surface area contributed by atoms with Crippen molar-refractivity contribution in [1.29, 1.82) is 0 Å². The fourth-order valence-electron chi connectivity index (χ4n) is 2.79. The van der Waals surface area contributed by atoms with Gasteiger partial charge >= 0.3 is 11.3 Å². The number of nitrogens with zero attached hydrogens (tertiary/aromatic N) is 1. The van der Waals surface area contributed by atoms with E-state index in [9.17, 15) is 14.9 Å². The molecule has 0 bridgehead atoms. The number of nitro groups is 1. The molecule has 0 spiro atoms. The van der Waals surface area contributed by atoms with Crippen molar-refractivity contribution in [3.63, 3.8) is 0 Å². The van der Waals surface area contributed by atoms with Crippen molar-refractivity contribution in [3.8, 4) is 11.5 Å². The molecule has 0 aliphatic carbocycles. The standard InChI is InChI=1S/C16H14N2O6/c1-8-7-11-13(16(19)23-8)12(14(18(20)21)15(17)24-11)9-5-3-4-6-10(9)22-2/h3-7,12H,17H2,1-2H3/t12-/m0/s1. The van der Waals surface area contributed by atoms with Crippen LogP contribution in [0.3, 0.4) is 0 Å². The number of para-hydroxylation sites is 1. The maximum absolute atomic E-state index is 12.4. The lowest BCUT2D eigenvalue weighted by atomic mass is 9.87. The van der Waals surface area contributed by atoms with E-state index in [2.05, 4.69) is 0 Å². The van der Waals surface area contributed by atoms with Gasteiger partial charge in [0.25, 0.3) is 5.88 Å². The van der Waals surface area contributed by atoms with Gasteiger partial charge in [-0.05, 0) is 13.0 Å². The summed E-state index contributed by atoms with van der Waals surface area (Å²) in [6.07, 6.45) is 0. The van der Waals surface area contributed by atoms with Gasteiger partial charge in [0.1, 0.15) is 23.2 Å². The first-order chi connectivity index (χ1) is 11.4. The zero-order chi connectivity index (χ0) is 17.4. The smallest absolute Gasteiger partial charge is 0.344 e. The highest BCUT2D eigenvalue weighted by Gasteiger charge is 2.42. The Labute approximate surface area is 136 Å². The van der Waals surface area contributed by atoms with Crippen LogP contribution in [0, 0.1) is 17.0 Å². The van der Waals surface area contributed by atoms with Crippen LogP contribution in [-0.2, 0) is 0 Å². The largest absolute Gasteiger partial charge is 0.496 e. The molecule has 2 heterocycles. The first-order valence-electron chi connectivity index (χ1n) is 7.03. The molecule has 124 valence electrons. The third-order valence-electron chi connectivity index (χ3n) is 3.75. The van der Waals surface area contributed by atoms with Crippen molar-refractivity contribution >= 4 is 0 Å². The number of hydrogen-bond donors (Lipinski definition) is 1. The molecule has 8 nitrogen and oxygen atoms in total. The van der Waals surface area contributed by atoms with Gasteiger partial charge in [-0.1, -0.05) is 18.2 Å². The van der Waals surface area contributed by atoms with Crippen molar-refractivity contribution in [3.05, 3.63) is 79.3 Å². The van der Waals surface area contributed by atoms with Crippen LogP contribution in [0.4, 0.5) is 0 Å². The minimum absolute atomic E-state index is 0.0194. The fourth-order valence-corrected chi connectivity index (χ4v) is 2.79. The van der Waals surface area contributed by atoms with Gasteiger partial charge in [0.15, 0.2) is 0 Å². The molecule has 0 unspecified atom stereocenters. The molecule has 1 aliphatic rings. The quantitative estimate of drug-likeness (QED) is 0.674. The van der Waals surface area contributed by atoms with Crippen LogP contribution < -0.4 is 20.8 Å². The summed E-state index contributed by atoms with van der Waals surface area (Å²) in [5.74, 6) is -0.578. The van der Waals surface area contributed by atoms with Crippen molar-refractivity contribution < 1.29 is 18.8 Å². The lowest BCUT2D eigenvalue weighted by Crippen LogP contribution is -2.30. The monoisotopic (exact) mass is 330 g/mol. The maximum Gasteiger partial charge on any atom is 0.344 e. The Morgan fingerprint density at radius 3 is 2.71 bits per heavy atom. The summed E-state index contributed by atoms with van der Waals surface area (Å²) in [4.78, 5) is 23.3. The zero-order valence-corrected chi connectivity index (χ0v) is 12.9. The minimum Gasteiger partial charge on any atom is -0.496 e. The topological polar surface area (TPSA) is 118 Å². The molecule has 0 saturated carbocycles. The van der Waals surface area contributed by atoms with Gasteiger partial charge in [-0.15, -0.1) is 0 Å². The van der Waals surface area contributed by atoms with Gasteiger partial charge in [0.05, 0.1) is 17.6 Å². The number of ether oxygens (including phenoxy) is 2. The molecular formula is C16H14N2O6. The Balaban J connectivity index is 2.36. The van der Waals surface area contributed by atoms with E-state index < -0.39 is 22.2 Å². The Bertz CT molecular complexity index is 915. The van der Waals surface area contributed by atoms with Crippen molar-refractivity contribution in [1.82, 2.24) is 0 Å². The molecular weight excluding hydrogens is 316 g/mol. The van der Waals surface area contributed by atoms with Crippen molar-refractivity contribution in [2.45, 2.75) is 12.8 Å². The van der Waals surface area contributed by atoms with Crippen LogP contribution in [0.25, 0.3) is 0 Å². The second-order valence-electron chi connectivity index (χ2n) is 5.21. The van der Waals surface area contributed by atoms with E-state index in [4.69, 9.17) is 19.6 Å². The number of aryl methyl sites for hydroxylation is 1. The summed E-state index contributed by atoms with van der Waals surface area (Å²) in [7, 11) is 1.44. The molecule has 24 heavy (non-hydrogen) atoms. The minimum atomic E-state index is -1.06. The lowest BCUT2D eigenvalue weighted by Gasteiger charge is -2.24. The van der Waals surface area contributed by atoms with E-state index in [0.29, 0.717) is 17.1 Å². The average molecular weight is 330 g/mol. The zero-order valence-electron chi connectivity index (χ0n) is 12.9. The van der Waals surface area contributed by atoms with E-state index in [1.54, 1.807) is 31.2 Å². The highest BCUT2D eigenvalue weighted by molar-refractivity contribution is 5.52. The van der Waals surface area contributed by atoms with E-state index in [1.165, 1.54) is 13.2 Å². The van der Waals surface area contributed by atoms with Gasteiger partial charge in [-0.3, -0.25) is 10.1 Å². The predicted octanol–water partition coefficient (Wildman–Crippen LogP) is 1.89. The Hall–Kier alpha value is -3.29. The summed E-state index contributed by atoms with van der Waals surface area (Å²) in [6.45, 7) is 1.58. The highest BCUT2D eigenvalue weighted by Crippen LogP contribution is 2.43. The van der Waals surface area contributed by atoms with Crippen molar-refractivity contribution in [2.24, 2.45) is 5.73 Å². The normalized spacial score (nSPS) is 16.3. The first kappa shape index (κ1) is 15.6. The van der Waals surface area contributed by atoms with Crippen LogP contribution in [0.2, 0.25) is 0 Å². The Morgan fingerprint density at radius 2 is 2.04 bits per heavy atom. The molecule has 2 N–H and O–H groups in total. The van der Waals surface area contributed by atoms with Gasteiger partial charge in [-0.2, -0.15) is 0 Å². The molecule has 1 aliphatic heterocycles. The number of fused-ring (bicyclic) bond motifs is 1. The van der Waals surface area contributed by atoms with E-state index >= 15 is 0 Å². The second-order valence-corrected chi connectivity index (χ2v) is 5.21.